The second-order valence-corrected chi connectivity index (χ2v) is 0.266. The number of rotatable bonds is 0. The molecule has 0 aromatic carbocycles. The van der Waals surface area contributed by atoms with Crippen molar-refractivity contribution in [2.24, 2.45) is 0 Å². The Hall–Kier alpha value is 1.63. The molecule has 0 fully saturated rings. The molecule has 0 aromatic heterocycles. The van der Waals surface area contributed by atoms with E-state index in [1.165, 1.54) is 0 Å². The van der Waals surface area contributed by atoms with Gasteiger partial charge < -0.3 is 20.5 Å². The zero-order valence-corrected chi connectivity index (χ0v) is 8.42. The Morgan fingerprint density at radius 2 is 1.57 bits per heavy atom. The molecule has 0 aliphatic heterocycles. The van der Waals surface area contributed by atoms with Crippen LogP contribution in [-0.2, 0) is 5.48 Å². The number of carboxylic acid groups (broad SMARTS) is 2. The third kappa shape index (κ3) is 90.9. The molecule has 0 heterocycles. The first-order valence-corrected chi connectivity index (χ1v) is 0.632. The molecule has 4 nitrogen and oxygen atoms in total. The monoisotopic (exact) mass is 140 g/mol. The molecule has 0 aliphatic carbocycles. The van der Waals surface area contributed by atoms with Gasteiger partial charge >= 0.3 is 74.4 Å². The molecule has 0 unspecified atom stereocenters. The third-order valence-electron chi connectivity index (χ3n) is 0. The predicted molar refractivity (Wildman–Crippen MR) is 14.5 cm³/mol. The van der Waals surface area contributed by atoms with Gasteiger partial charge in [-0.25, -0.2) is 0 Å². The van der Waals surface area contributed by atoms with Gasteiger partial charge in [-0.1, -0.05) is 0 Å². The molecule has 32 valence electrons. The minimum Gasteiger partial charge on any atom is -2.00 e. The van der Waals surface area contributed by atoms with Crippen LogP contribution in [0.15, 0.2) is 0 Å². The molecular formula is CHKMgO4. The Balaban J connectivity index is -0.0000000150. The van der Waals surface area contributed by atoms with Crippen LogP contribution in [0.1, 0.15) is 0 Å². The minimum atomic E-state index is -2.08. The van der Waals surface area contributed by atoms with E-state index in [4.69, 9.17) is 15.0 Å². The largest absolute Gasteiger partial charge is 2.00 e. The molecule has 1 N–H and O–H groups in total. The molecular weight excluding hydrogens is 139 g/mol. The van der Waals surface area contributed by atoms with Gasteiger partial charge in [0.05, 0.1) is 0 Å². The van der Waals surface area contributed by atoms with Crippen LogP contribution in [0.4, 0.5) is 4.79 Å². The Bertz CT molecular complexity index is 34.7. The van der Waals surface area contributed by atoms with Gasteiger partial charge in [-0.3, -0.25) is 0 Å². The SMILES string of the molecule is O=C([O-])O.[K+].[Mg+2].[O-2]. The van der Waals surface area contributed by atoms with E-state index in [9.17, 15) is 0 Å². The van der Waals surface area contributed by atoms with Crippen molar-refractivity contribution in [1.29, 1.82) is 0 Å². The van der Waals surface area contributed by atoms with E-state index in [1.54, 1.807) is 0 Å². The van der Waals surface area contributed by atoms with Gasteiger partial charge in [-0.15, -0.1) is 0 Å². The Morgan fingerprint density at radius 1 is 1.57 bits per heavy atom. The van der Waals surface area contributed by atoms with Crippen LogP contribution in [0.25, 0.3) is 0 Å². The van der Waals surface area contributed by atoms with Crippen LogP contribution in [0.3, 0.4) is 0 Å². The Kier molecular flexibility index (Phi) is 52.4. The van der Waals surface area contributed by atoms with E-state index in [1.807, 2.05) is 0 Å². The van der Waals surface area contributed by atoms with Crippen LogP contribution in [0, 0.1) is 0 Å². The predicted octanol–water partition coefficient (Wildman–Crippen LogP) is -4.61. The fourth-order valence-corrected chi connectivity index (χ4v) is 0. The van der Waals surface area contributed by atoms with Crippen molar-refractivity contribution in [3.63, 3.8) is 0 Å². The average Bonchev–Trinajstić information content (AvgIpc) is 0.811. The van der Waals surface area contributed by atoms with E-state index in [2.05, 4.69) is 0 Å². The maximum atomic E-state index is 8.44. The molecule has 0 aromatic rings. The summed E-state index contributed by atoms with van der Waals surface area (Å²) in [6.45, 7) is 0. The molecule has 7 heavy (non-hydrogen) atoms. The summed E-state index contributed by atoms with van der Waals surface area (Å²) in [6.07, 6.45) is -2.08. The van der Waals surface area contributed by atoms with Crippen LogP contribution in [-0.4, -0.2) is 34.3 Å². The van der Waals surface area contributed by atoms with Gasteiger partial charge in [-0.2, -0.15) is 0 Å². The third-order valence-corrected chi connectivity index (χ3v) is 0. The van der Waals surface area contributed by atoms with Gasteiger partial charge in [-0.05, 0) is 0 Å². The quantitative estimate of drug-likeness (QED) is 0.343. The van der Waals surface area contributed by atoms with Gasteiger partial charge in [0.1, 0.15) is 0 Å². The summed E-state index contributed by atoms with van der Waals surface area (Å²) in [7, 11) is 0. The first-order chi connectivity index (χ1) is 1.73. The van der Waals surface area contributed by atoms with Crippen molar-refractivity contribution in [3.05, 3.63) is 0 Å². The smallest absolute Gasteiger partial charge is 2.00 e. The van der Waals surface area contributed by atoms with Crippen molar-refractivity contribution < 1.29 is 71.9 Å². The van der Waals surface area contributed by atoms with E-state index in [-0.39, 0.29) is 79.9 Å². The van der Waals surface area contributed by atoms with Crippen molar-refractivity contribution in [1.82, 2.24) is 0 Å². The Morgan fingerprint density at radius 3 is 1.57 bits per heavy atom. The summed E-state index contributed by atoms with van der Waals surface area (Å²) in [6, 6.07) is 0. The summed E-state index contributed by atoms with van der Waals surface area (Å²) < 4.78 is 0. The zero-order chi connectivity index (χ0) is 3.58. The van der Waals surface area contributed by atoms with E-state index in [0.29, 0.717) is 0 Å². The molecule has 0 saturated carbocycles. The number of carbonyl (C=O) groups is 1. The average molecular weight is 140 g/mol. The molecule has 6 heteroatoms. The van der Waals surface area contributed by atoms with Crippen molar-refractivity contribution in [2.45, 2.75) is 0 Å². The van der Waals surface area contributed by atoms with Gasteiger partial charge in [0, 0.05) is 0 Å². The molecule has 0 saturated heterocycles. The molecule has 0 radical (unpaired) electrons. The summed E-state index contributed by atoms with van der Waals surface area (Å²) in [4.78, 5) is 8.44. The molecule has 0 spiro atoms. The molecule has 0 rings (SSSR count). The standard InChI is InChI=1S/CH2O3.K.Mg.O/c2-1(3)4;;;/h(H2,2,3,4);;;/q;+1;+2;-2/p-1. The first-order valence-electron chi connectivity index (χ1n) is 0.632. The van der Waals surface area contributed by atoms with Crippen LogP contribution < -0.4 is 56.5 Å². The second-order valence-electron chi connectivity index (χ2n) is 0.266. The molecule has 0 atom stereocenters. The maximum absolute atomic E-state index is 8.44. The summed E-state index contributed by atoms with van der Waals surface area (Å²) in [5.74, 6) is 0. The van der Waals surface area contributed by atoms with Crippen LogP contribution >= 0.6 is 0 Å². The fraction of sp³-hybridized carbons (Fsp3) is 0. The van der Waals surface area contributed by atoms with Gasteiger partial charge in [0.25, 0.3) is 0 Å². The van der Waals surface area contributed by atoms with Crippen LogP contribution in [0.5, 0.6) is 0 Å². The minimum absolute atomic E-state index is 0. The Labute approximate surface area is 99.2 Å². The normalized spacial score (nSPS) is 3.43. The van der Waals surface area contributed by atoms with Crippen molar-refractivity contribution in [3.8, 4) is 0 Å². The van der Waals surface area contributed by atoms with E-state index in [0.717, 1.165) is 0 Å². The van der Waals surface area contributed by atoms with Gasteiger partial charge in [0.2, 0.25) is 6.16 Å². The summed E-state index contributed by atoms with van der Waals surface area (Å²) in [5.41, 5.74) is 0. The topological polar surface area (TPSA) is 88.9 Å². The number of hydrogen-bond donors (Lipinski definition) is 1. The van der Waals surface area contributed by atoms with Gasteiger partial charge in [0.15, 0.2) is 0 Å². The van der Waals surface area contributed by atoms with Crippen LogP contribution in [0.2, 0.25) is 0 Å². The summed E-state index contributed by atoms with van der Waals surface area (Å²) in [5, 5.41) is 15.3. The van der Waals surface area contributed by atoms with Crippen molar-refractivity contribution in [2.75, 3.05) is 0 Å². The molecule has 0 aliphatic rings. The van der Waals surface area contributed by atoms with E-state index >= 15 is 0 Å². The number of hydrogen-bond acceptors (Lipinski definition) is 2. The first kappa shape index (κ1) is 23.4. The molecule has 0 bridgehead atoms. The maximum Gasteiger partial charge on any atom is 2.00 e. The van der Waals surface area contributed by atoms with E-state index < -0.39 is 6.16 Å². The van der Waals surface area contributed by atoms with Crippen molar-refractivity contribution >= 4 is 29.2 Å². The summed E-state index contributed by atoms with van der Waals surface area (Å²) >= 11 is 0. The fourth-order valence-electron chi connectivity index (χ4n) is 0. The molecule has 0 amide bonds. The second kappa shape index (κ2) is 15.6. The zero-order valence-electron chi connectivity index (χ0n) is 3.88.